The quantitative estimate of drug-likeness (QED) is 0.803. The van der Waals surface area contributed by atoms with Crippen LogP contribution >= 0.6 is 0 Å². The van der Waals surface area contributed by atoms with E-state index in [2.05, 4.69) is 10.6 Å². The molecule has 1 aliphatic rings. The van der Waals surface area contributed by atoms with Gasteiger partial charge in [0.05, 0.1) is 5.92 Å². The Kier molecular flexibility index (Phi) is 4.72. The van der Waals surface area contributed by atoms with Crippen LogP contribution < -0.4 is 10.6 Å². The van der Waals surface area contributed by atoms with Crippen LogP contribution in [0.1, 0.15) is 25.7 Å². The molecule has 0 unspecified atom stereocenters. The number of hydrogen-bond acceptors (Lipinski definition) is 2. The van der Waals surface area contributed by atoms with Gasteiger partial charge in [-0.15, -0.1) is 0 Å². The third-order valence-electron chi connectivity index (χ3n) is 3.59. The van der Waals surface area contributed by atoms with Crippen LogP contribution in [0.15, 0.2) is 18.2 Å². The number of carboxylic acid groups (broad SMARTS) is 1. The number of carboxylic acids is 1. The highest BCUT2D eigenvalue weighted by molar-refractivity contribution is 5.89. The number of amides is 2. The zero-order valence-electron chi connectivity index (χ0n) is 11.2. The van der Waals surface area contributed by atoms with Crippen LogP contribution in [0.4, 0.5) is 19.3 Å². The number of urea groups is 1. The average Bonchev–Trinajstić information content (AvgIpc) is 2.43. The fourth-order valence-electron chi connectivity index (χ4n) is 2.41. The standard InChI is InChI=1S/C14H16F2N2O3/c15-11-6-5-10(7-12(11)16)18-14(21)17-9-3-1-8(2-4-9)13(19)20/h5-9H,1-4H2,(H,19,20)(H2,17,18,21). The zero-order chi connectivity index (χ0) is 15.4. The summed E-state index contributed by atoms with van der Waals surface area (Å²) in [6, 6.07) is 2.48. The number of aliphatic carboxylic acids is 1. The monoisotopic (exact) mass is 298 g/mol. The third-order valence-corrected chi connectivity index (χ3v) is 3.59. The molecule has 2 amide bonds. The predicted octanol–water partition coefficient (Wildman–Crippen LogP) is 2.73. The highest BCUT2D eigenvalue weighted by Crippen LogP contribution is 2.24. The fourth-order valence-corrected chi connectivity index (χ4v) is 2.41. The van der Waals surface area contributed by atoms with Crippen molar-refractivity contribution in [2.45, 2.75) is 31.7 Å². The molecule has 1 fully saturated rings. The maximum Gasteiger partial charge on any atom is 0.319 e. The number of anilines is 1. The van der Waals surface area contributed by atoms with Gasteiger partial charge in [0.1, 0.15) is 0 Å². The molecule has 0 bridgehead atoms. The maximum atomic E-state index is 13.0. The van der Waals surface area contributed by atoms with Crippen LogP contribution in [-0.2, 0) is 4.79 Å². The molecule has 0 heterocycles. The van der Waals surface area contributed by atoms with Crippen molar-refractivity contribution in [3.8, 4) is 0 Å². The molecule has 7 heteroatoms. The van der Waals surface area contributed by atoms with Gasteiger partial charge in [0.2, 0.25) is 0 Å². The Morgan fingerprint density at radius 1 is 1.10 bits per heavy atom. The van der Waals surface area contributed by atoms with E-state index in [1.807, 2.05) is 0 Å². The lowest BCUT2D eigenvalue weighted by Crippen LogP contribution is -2.41. The van der Waals surface area contributed by atoms with E-state index in [4.69, 9.17) is 5.11 Å². The van der Waals surface area contributed by atoms with Gasteiger partial charge in [-0.3, -0.25) is 4.79 Å². The van der Waals surface area contributed by atoms with Crippen LogP contribution in [0.3, 0.4) is 0 Å². The Balaban J connectivity index is 1.82. The minimum atomic E-state index is -1.03. The lowest BCUT2D eigenvalue weighted by Gasteiger charge is -2.26. The molecule has 21 heavy (non-hydrogen) atoms. The molecule has 0 saturated heterocycles. The Morgan fingerprint density at radius 3 is 2.33 bits per heavy atom. The maximum absolute atomic E-state index is 13.0. The van der Waals surface area contributed by atoms with Crippen molar-refractivity contribution in [2.75, 3.05) is 5.32 Å². The summed E-state index contributed by atoms with van der Waals surface area (Å²) in [6.07, 6.45) is 2.21. The van der Waals surface area contributed by atoms with E-state index in [9.17, 15) is 18.4 Å². The van der Waals surface area contributed by atoms with Crippen molar-refractivity contribution in [3.05, 3.63) is 29.8 Å². The van der Waals surface area contributed by atoms with Crippen LogP contribution in [0, 0.1) is 17.6 Å². The second kappa shape index (κ2) is 6.51. The van der Waals surface area contributed by atoms with Crippen molar-refractivity contribution in [1.82, 2.24) is 5.32 Å². The van der Waals surface area contributed by atoms with Crippen LogP contribution in [-0.4, -0.2) is 23.1 Å². The van der Waals surface area contributed by atoms with E-state index in [0.29, 0.717) is 25.7 Å². The van der Waals surface area contributed by atoms with Crippen molar-refractivity contribution in [3.63, 3.8) is 0 Å². The molecule has 3 N–H and O–H groups in total. The molecule has 1 aliphatic carbocycles. The van der Waals surface area contributed by atoms with E-state index >= 15 is 0 Å². The highest BCUT2D eigenvalue weighted by atomic mass is 19.2. The van der Waals surface area contributed by atoms with Crippen molar-refractivity contribution in [2.24, 2.45) is 5.92 Å². The molecule has 2 rings (SSSR count). The van der Waals surface area contributed by atoms with E-state index in [1.165, 1.54) is 6.07 Å². The average molecular weight is 298 g/mol. The Labute approximate surface area is 120 Å². The highest BCUT2D eigenvalue weighted by Gasteiger charge is 2.26. The first-order chi connectivity index (χ1) is 9.95. The molecule has 0 radical (unpaired) electrons. The zero-order valence-corrected chi connectivity index (χ0v) is 11.2. The van der Waals surface area contributed by atoms with Gasteiger partial charge < -0.3 is 15.7 Å². The normalized spacial score (nSPS) is 21.6. The number of hydrogen-bond donors (Lipinski definition) is 3. The lowest BCUT2D eigenvalue weighted by molar-refractivity contribution is -0.142. The first-order valence-corrected chi connectivity index (χ1v) is 6.71. The van der Waals surface area contributed by atoms with Gasteiger partial charge in [-0.25, -0.2) is 13.6 Å². The van der Waals surface area contributed by atoms with Gasteiger partial charge in [0, 0.05) is 17.8 Å². The number of carbonyl (C=O) groups excluding carboxylic acids is 1. The summed E-state index contributed by atoms with van der Waals surface area (Å²) >= 11 is 0. The summed E-state index contributed by atoms with van der Waals surface area (Å²) in [4.78, 5) is 22.6. The van der Waals surface area contributed by atoms with Gasteiger partial charge >= 0.3 is 12.0 Å². The Hall–Kier alpha value is -2.18. The summed E-state index contributed by atoms with van der Waals surface area (Å²) in [7, 11) is 0. The molecule has 114 valence electrons. The van der Waals surface area contributed by atoms with Crippen LogP contribution in [0.25, 0.3) is 0 Å². The molecule has 1 aromatic carbocycles. The second-order valence-corrected chi connectivity index (χ2v) is 5.11. The molecular formula is C14H16F2N2O3. The topological polar surface area (TPSA) is 78.4 Å². The third kappa shape index (κ3) is 4.14. The molecule has 5 nitrogen and oxygen atoms in total. The first kappa shape index (κ1) is 15.2. The van der Waals surface area contributed by atoms with E-state index < -0.39 is 23.6 Å². The van der Waals surface area contributed by atoms with Gasteiger partial charge in [-0.05, 0) is 37.8 Å². The molecule has 0 spiro atoms. The summed E-state index contributed by atoms with van der Waals surface area (Å²) in [5.41, 5.74) is 0.158. The fraction of sp³-hybridized carbons (Fsp3) is 0.429. The summed E-state index contributed by atoms with van der Waals surface area (Å²) in [5, 5.41) is 14.0. The summed E-state index contributed by atoms with van der Waals surface area (Å²) in [5.74, 6) is -3.17. The number of carbonyl (C=O) groups is 2. The van der Waals surface area contributed by atoms with Crippen molar-refractivity contribution < 1.29 is 23.5 Å². The Morgan fingerprint density at radius 2 is 1.76 bits per heavy atom. The second-order valence-electron chi connectivity index (χ2n) is 5.11. The van der Waals surface area contributed by atoms with Crippen LogP contribution in [0.2, 0.25) is 0 Å². The molecule has 0 aromatic heterocycles. The summed E-state index contributed by atoms with van der Waals surface area (Å²) in [6.45, 7) is 0. The predicted molar refractivity (Wildman–Crippen MR) is 71.9 cm³/mol. The molecule has 1 aromatic rings. The van der Waals surface area contributed by atoms with Gasteiger partial charge in [0.25, 0.3) is 0 Å². The first-order valence-electron chi connectivity index (χ1n) is 6.71. The number of rotatable bonds is 3. The van der Waals surface area contributed by atoms with Crippen molar-refractivity contribution in [1.29, 1.82) is 0 Å². The number of halogens is 2. The van der Waals surface area contributed by atoms with Gasteiger partial charge in [-0.1, -0.05) is 0 Å². The van der Waals surface area contributed by atoms with Gasteiger partial charge in [0.15, 0.2) is 11.6 Å². The SMILES string of the molecule is O=C(Nc1ccc(F)c(F)c1)NC1CCC(C(=O)O)CC1. The van der Waals surface area contributed by atoms with E-state index in [-0.39, 0.29) is 17.6 Å². The lowest BCUT2D eigenvalue weighted by atomic mass is 9.86. The number of nitrogens with one attached hydrogen (secondary N) is 2. The molecule has 0 atom stereocenters. The van der Waals surface area contributed by atoms with E-state index in [1.54, 1.807) is 0 Å². The van der Waals surface area contributed by atoms with Crippen molar-refractivity contribution >= 4 is 17.7 Å². The number of benzene rings is 1. The van der Waals surface area contributed by atoms with Crippen LogP contribution in [0.5, 0.6) is 0 Å². The molecule has 0 aliphatic heterocycles. The van der Waals surface area contributed by atoms with Gasteiger partial charge in [-0.2, -0.15) is 0 Å². The minimum Gasteiger partial charge on any atom is -0.481 e. The molecular weight excluding hydrogens is 282 g/mol. The summed E-state index contributed by atoms with van der Waals surface area (Å²) < 4.78 is 25.8. The largest absolute Gasteiger partial charge is 0.481 e. The Bertz CT molecular complexity index is 543. The molecule has 1 saturated carbocycles. The smallest absolute Gasteiger partial charge is 0.319 e. The van der Waals surface area contributed by atoms with E-state index in [0.717, 1.165) is 12.1 Å². The minimum absolute atomic E-state index is 0.106.